The summed E-state index contributed by atoms with van der Waals surface area (Å²) in [6, 6.07) is 13.6. The Balaban J connectivity index is 1.48. The van der Waals surface area contributed by atoms with Crippen LogP contribution < -0.4 is 16.4 Å². The van der Waals surface area contributed by atoms with Crippen LogP contribution in [0.3, 0.4) is 0 Å². The first kappa shape index (κ1) is 20.8. The number of nitrogens with zero attached hydrogens (tertiary/aromatic N) is 4. The third-order valence-electron chi connectivity index (χ3n) is 5.74. The summed E-state index contributed by atoms with van der Waals surface area (Å²) in [4.78, 5) is 32.0. The fraction of sp³-hybridized carbons (Fsp3) is 0.200. The molecule has 2 N–H and O–H groups in total. The lowest BCUT2D eigenvalue weighted by Gasteiger charge is -2.13. The van der Waals surface area contributed by atoms with Crippen molar-refractivity contribution < 1.29 is 4.84 Å². The number of benzene rings is 1. The smallest absolute Gasteiger partial charge is 0.258 e. The second kappa shape index (κ2) is 8.14. The Morgan fingerprint density at radius 2 is 1.85 bits per heavy atom. The fourth-order valence-electron chi connectivity index (χ4n) is 3.88. The van der Waals surface area contributed by atoms with Crippen molar-refractivity contribution in [3.63, 3.8) is 0 Å². The molecule has 0 saturated carbocycles. The van der Waals surface area contributed by atoms with Crippen molar-refractivity contribution in [1.29, 1.82) is 0 Å². The van der Waals surface area contributed by atoms with Gasteiger partial charge < -0.3 is 9.88 Å². The van der Waals surface area contributed by atoms with Gasteiger partial charge in [-0.3, -0.25) is 14.8 Å². The predicted molar refractivity (Wildman–Crippen MR) is 129 cm³/mol. The highest BCUT2D eigenvalue weighted by Crippen LogP contribution is 2.27. The van der Waals surface area contributed by atoms with Crippen LogP contribution in [0.2, 0.25) is 0 Å². The molecule has 3 aromatic heterocycles. The van der Waals surface area contributed by atoms with Crippen LogP contribution in [-0.4, -0.2) is 20.5 Å². The first-order chi connectivity index (χ1) is 15.9. The Kier molecular flexibility index (Phi) is 5.14. The topological polar surface area (TPSA) is 93.4 Å². The molecular formula is C25H24N6O2. The second-order valence-corrected chi connectivity index (χ2v) is 8.27. The van der Waals surface area contributed by atoms with E-state index in [9.17, 15) is 4.79 Å². The van der Waals surface area contributed by atoms with Gasteiger partial charge in [0.2, 0.25) is 12.2 Å². The Morgan fingerprint density at radius 1 is 1.00 bits per heavy atom. The summed E-state index contributed by atoms with van der Waals surface area (Å²) < 4.78 is 1.68. The van der Waals surface area contributed by atoms with Crippen LogP contribution in [0.5, 0.6) is 0 Å². The first-order valence-electron chi connectivity index (χ1n) is 10.7. The number of hydrogen-bond donors (Lipinski definition) is 2. The minimum atomic E-state index is -0.526. The van der Waals surface area contributed by atoms with Crippen LogP contribution in [0, 0.1) is 20.8 Å². The summed E-state index contributed by atoms with van der Waals surface area (Å²) in [5.41, 5.74) is 9.54. The van der Waals surface area contributed by atoms with E-state index < -0.39 is 6.23 Å². The van der Waals surface area contributed by atoms with Crippen LogP contribution in [-0.2, 0) is 11.9 Å². The number of guanidine groups is 1. The summed E-state index contributed by atoms with van der Waals surface area (Å²) in [6.45, 7) is 5.89. The van der Waals surface area contributed by atoms with Crippen molar-refractivity contribution in [2.75, 3.05) is 5.32 Å². The molecule has 1 aliphatic heterocycles. The van der Waals surface area contributed by atoms with Gasteiger partial charge in [0, 0.05) is 41.8 Å². The zero-order valence-electron chi connectivity index (χ0n) is 18.9. The van der Waals surface area contributed by atoms with Crippen molar-refractivity contribution in [3.8, 4) is 11.1 Å². The van der Waals surface area contributed by atoms with Crippen molar-refractivity contribution >= 4 is 22.5 Å². The van der Waals surface area contributed by atoms with E-state index in [4.69, 9.17) is 4.84 Å². The number of aromatic nitrogens is 3. The molecule has 1 aliphatic rings. The lowest BCUT2D eigenvalue weighted by Crippen LogP contribution is -2.25. The molecule has 33 heavy (non-hydrogen) atoms. The largest absolute Gasteiger partial charge is 0.325 e. The van der Waals surface area contributed by atoms with Gasteiger partial charge in [-0.2, -0.15) is 0 Å². The molecule has 8 nitrogen and oxygen atoms in total. The Labute approximate surface area is 191 Å². The predicted octanol–water partition coefficient (Wildman–Crippen LogP) is 3.92. The van der Waals surface area contributed by atoms with Crippen LogP contribution in [0.15, 0.2) is 64.6 Å². The second-order valence-electron chi connectivity index (χ2n) is 8.27. The van der Waals surface area contributed by atoms with Gasteiger partial charge in [-0.15, -0.1) is 0 Å². The van der Waals surface area contributed by atoms with Gasteiger partial charge in [-0.1, -0.05) is 12.1 Å². The highest BCUT2D eigenvalue weighted by molar-refractivity contribution is 5.95. The summed E-state index contributed by atoms with van der Waals surface area (Å²) in [5, 5.41) is 4.15. The molecular weight excluding hydrogens is 416 g/mol. The number of pyridine rings is 3. The molecule has 0 saturated heterocycles. The maximum Gasteiger partial charge on any atom is 0.258 e. The number of anilines is 1. The van der Waals surface area contributed by atoms with Gasteiger partial charge in [0.15, 0.2) is 0 Å². The molecule has 0 aliphatic carbocycles. The number of rotatable bonds is 3. The lowest BCUT2D eigenvalue weighted by molar-refractivity contribution is 0.0349. The molecule has 1 unspecified atom stereocenters. The quantitative estimate of drug-likeness (QED) is 0.502. The average Bonchev–Trinajstić information content (AvgIpc) is 3.27. The third kappa shape index (κ3) is 3.96. The zero-order chi connectivity index (χ0) is 23.1. The standard InChI is InChI=1S/C25H24N6O2/c1-14-5-8-21(27-12-14)23-29-25(30-33-23)28-18-7-6-15(2)19(11-18)20-10-17-13-26-16(3)9-22(17)31(4)24(20)32/h5-13,23H,1-4H3,(H2,28,29,30). The van der Waals surface area contributed by atoms with Crippen LogP contribution in [0.25, 0.3) is 22.0 Å². The summed E-state index contributed by atoms with van der Waals surface area (Å²) >= 11 is 0. The number of hydrogen-bond acceptors (Lipinski definition) is 7. The summed E-state index contributed by atoms with van der Waals surface area (Å²) in [6.07, 6.45) is 3.06. The van der Waals surface area contributed by atoms with E-state index in [1.54, 1.807) is 24.0 Å². The first-order valence-corrected chi connectivity index (χ1v) is 10.7. The van der Waals surface area contributed by atoms with Gasteiger partial charge >= 0.3 is 0 Å². The van der Waals surface area contributed by atoms with Crippen molar-refractivity contribution in [2.45, 2.75) is 27.0 Å². The molecule has 0 bridgehead atoms. The number of nitrogens with one attached hydrogen (secondary N) is 2. The van der Waals surface area contributed by atoms with E-state index in [2.05, 4.69) is 25.8 Å². The van der Waals surface area contributed by atoms with E-state index in [1.165, 1.54) is 0 Å². The molecule has 0 amide bonds. The minimum Gasteiger partial charge on any atom is -0.325 e. The van der Waals surface area contributed by atoms with Crippen molar-refractivity contribution in [3.05, 3.63) is 87.7 Å². The maximum atomic E-state index is 13.2. The molecule has 4 heterocycles. The van der Waals surface area contributed by atoms with Crippen LogP contribution in [0.1, 0.15) is 28.7 Å². The highest BCUT2D eigenvalue weighted by atomic mass is 16.7. The SMILES string of the molecule is Cc1ccc(C2N=C(Nc3ccc(C)c(-c4cc5cnc(C)cc5n(C)c4=O)c3)NO2)nc1. The van der Waals surface area contributed by atoms with E-state index in [0.717, 1.165) is 44.7 Å². The Hall–Kier alpha value is -4.04. The Morgan fingerprint density at radius 3 is 2.64 bits per heavy atom. The molecule has 1 atom stereocenters. The van der Waals surface area contributed by atoms with E-state index in [0.29, 0.717) is 11.5 Å². The molecule has 0 radical (unpaired) electrons. The molecule has 0 spiro atoms. The van der Waals surface area contributed by atoms with Crippen LogP contribution >= 0.6 is 0 Å². The monoisotopic (exact) mass is 440 g/mol. The van der Waals surface area contributed by atoms with Crippen molar-refractivity contribution in [2.24, 2.45) is 12.0 Å². The molecule has 1 aromatic carbocycles. The normalized spacial score (nSPS) is 15.4. The van der Waals surface area contributed by atoms with Gasteiger partial charge in [0.25, 0.3) is 5.56 Å². The van der Waals surface area contributed by atoms with Gasteiger partial charge in [-0.05, 0) is 67.8 Å². The van der Waals surface area contributed by atoms with Gasteiger partial charge in [0.1, 0.15) is 0 Å². The molecule has 166 valence electrons. The number of fused-ring (bicyclic) bond motifs is 1. The lowest BCUT2D eigenvalue weighted by atomic mass is 9.99. The minimum absolute atomic E-state index is 0.0569. The van der Waals surface area contributed by atoms with E-state index in [1.807, 2.05) is 63.2 Å². The van der Waals surface area contributed by atoms with Crippen LogP contribution in [0.4, 0.5) is 5.69 Å². The number of hydroxylamine groups is 1. The zero-order valence-corrected chi connectivity index (χ0v) is 18.9. The van der Waals surface area contributed by atoms with E-state index in [-0.39, 0.29) is 5.56 Å². The summed E-state index contributed by atoms with van der Waals surface area (Å²) in [7, 11) is 1.79. The Bertz CT molecular complexity index is 1460. The molecule has 8 heteroatoms. The van der Waals surface area contributed by atoms with Crippen molar-refractivity contribution in [1.82, 2.24) is 20.0 Å². The number of aryl methyl sites for hydroxylation is 4. The number of aliphatic imine (C=N–C) groups is 1. The summed E-state index contributed by atoms with van der Waals surface area (Å²) in [5.74, 6) is 0.475. The maximum absolute atomic E-state index is 13.2. The van der Waals surface area contributed by atoms with Gasteiger partial charge in [0.05, 0.1) is 11.2 Å². The molecule has 4 aromatic rings. The third-order valence-corrected chi connectivity index (χ3v) is 5.74. The van der Waals surface area contributed by atoms with E-state index >= 15 is 0 Å². The molecule has 0 fully saturated rings. The average molecular weight is 441 g/mol. The fourth-order valence-corrected chi connectivity index (χ4v) is 3.88. The van der Waals surface area contributed by atoms with Gasteiger partial charge in [-0.25, -0.2) is 15.3 Å². The highest BCUT2D eigenvalue weighted by Gasteiger charge is 2.21. The molecule has 5 rings (SSSR count).